The Labute approximate surface area is 650 Å². The van der Waals surface area contributed by atoms with E-state index in [9.17, 15) is 43.2 Å². The zero-order chi connectivity index (χ0) is 77.6. The van der Waals surface area contributed by atoms with Gasteiger partial charge in [0.05, 0.1) is 26.4 Å². The standard InChI is InChI=1S/C87H166O17P2/c1-6-10-13-16-19-22-25-28-31-33-35-37-39-42-45-48-51-58-63-68-73-86(91)103-82(76-97-84(89)70-65-60-55-49-46-43-41-38-36-34-32-29-26-23-20-17-14-11-7-2)78-101-105(93,94)99-74-81(88)75-100-106(95,96)102-79-83(77-98-85(90)71-66-61-56-53-52-54-59-64-69-80(5)9-4)104-87(92)72-67-62-57-50-47-44-40-30-27-24-21-18-15-12-8-3/h24,27,30,40,80-83,88H,6-23,25-26,28-29,31-39,41-79H2,1-5H3,(H,93,94)(H,95,96)/b27-24-,40-30-/t80?,81-,82-,83-/m1/s1. The average molecular weight is 1550 g/mol. The topological polar surface area (TPSA) is 237 Å². The molecule has 0 aliphatic carbocycles. The van der Waals surface area contributed by atoms with Crippen LogP contribution in [0.1, 0.15) is 446 Å². The number of aliphatic hydroxyl groups is 1. The highest BCUT2D eigenvalue weighted by Crippen LogP contribution is 2.45. The third kappa shape index (κ3) is 78.2. The second-order valence-corrected chi connectivity index (χ2v) is 33.7. The zero-order valence-electron chi connectivity index (χ0n) is 69.1. The second-order valence-electron chi connectivity index (χ2n) is 30.8. The number of phosphoric ester groups is 2. The Kier molecular flexibility index (Phi) is 77.4. The number of hydrogen-bond donors (Lipinski definition) is 3. The number of esters is 4. The van der Waals surface area contributed by atoms with E-state index in [-0.39, 0.29) is 25.7 Å². The number of aliphatic hydroxyl groups excluding tert-OH is 1. The molecule has 0 bridgehead atoms. The number of phosphoric acid groups is 2. The van der Waals surface area contributed by atoms with Crippen LogP contribution in [0, 0.1) is 5.92 Å². The third-order valence-electron chi connectivity index (χ3n) is 20.3. The molecular weight excluding hydrogens is 1380 g/mol. The van der Waals surface area contributed by atoms with Crippen LogP contribution in [0.3, 0.4) is 0 Å². The molecule has 0 fully saturated rings. The van der Waals surface area contributed by atoms with Gasteiger partial charge < -0.3 is 33.8 Å². The minimum atomic E-state index is -4.97. The van der Waals surface area contributed by atoms with Gasteiger partial charge in [-0.3, -0.25) is 37.3 Å². The van der Waals surface area contributed by atoms with Crippen molar-refractivity contribution in [1.29, 1.82) is 0 Å². The van der Waals surface area contributed by atoms with Crippen LogP contribution < -0.4 is 0 Å². The molecule has 0 aliphatic rings. The lowest BCUT2D eigenvalue weighted by Gasteiger charge is -2.21. The van der Waals surface area contributed by atoms with Crippen LogP contribution in [-0.2, 0) is 65.4 Å². The van der Waals surface area contributed by atoms with Crippen molar-refractivity contribution in [2.75, 3.05) is 39.6 Å². The van der Waals surface area contributed by atoms with Crippen molar-refractivity contribution >= 4 is 39.5 Å². The lowest BCUT2D eigenvalue weighted by Crippen LogP contribution is -2.30. The van der Waals surface area contributed by atoms with Crippen LogP contribution in [0.2, 0.25) is 0 Å². The molecule has 0 rings (SSSR count). The van der Waals surface area contributed by atoms with E-state index in [1.54, 1.807) is 0 Å². The van der Waals surface area contributed by atoms with Gasteiger partial charge in [-0.15, -0.1) is 0 Å². The summed E-state index contributed by atoms with van der Waals surface area (Å²) in [5.74, 6) is -1.36. The van der Waals surface area contributed by atoms with Crippen molar-refractivity contribution in [1.82, 2.24) is 0 Å². The highest BCUT2D eigenvalue weighted by atomic mass is 31.2. The molecule has 17 nitrogen and oxygen atoms in total. The minimum Gasteiger partial charge on any atom is -0.462 e. The molecule has 3 unspecified atom stereocenters. The summed E-state index contributed by atoms with van der Waals surface area (Å²) in [4.78, 5) is 73.3. The summed E-state index contributed by atoms with van der Waals surface area (Å²) in [6, 6.07) is 0. The molecule has 626 valence electrons. The fraction of sp³-hybridized carbons (Fsp3) is 0.908. The first-order valence-electron chi connectivity index (χ1n) is 44.5. The third-order valence-corrected chi connectivity index (χ3v) is 22.2. The summed E-state index contributed by atoms with van der Waals surface area (Å²) in [6.45, 7) is 7.30. The summed E-state index contributed by atoms with van der Waals surface area (Å²) in [6.07, 6.45) is 75.8. The molecule has 106 heavy (non-hydrogen) atoms. The summed E-state index contributed by atoms with van der Waals surface area (Å²) in [5, 5.41) is 10.7. The summed E-state index contributed by atoms with van der Waals surface area (Å²) in [5.41, 5.74) is 0. The maximum atomic E-state index is 13.2. The van der Waals surface area contributed by atoms with Gasteiger partial charge in [0.15, 0.2) is 12.2 Å². The van der Waals surface area contributed by atoms with Crippen LogP contribution in [-0.4, -0.2) is 96.7 Å². The fourth-order valence-corrected chi connectivity index (χ4v) is 14.7. The van der Waals surface area contributed by atoms with Gasteiger partial charge in [0.2, 0.25) is 0 Å². The van der Waals surface area contributed by atoms with Gasteiger partial charge in [-0.1, -0.05) is 393 Å². The van der Waals surface area contributed by atoms with E-state index in [1.165, 1.54) is 257 Å². The average Bonchev–Trinajstić information content (AvgIpc) is 0.902. The maximum Gasteiger partial charge on any atom is 0.472 e. The lowest BCUT2D eigenvalue weighted by atomic mass is 9.99. The Bertz CT molecular complexity index is 2110. The van der Waals surface area contributed by atoms with E-state index in [2.05, 4.69) is 58.9 Å². The van der Waals surface area contributed by atoms with Crippen LogP contribution in [0.15, 0.2) is 24.3 Å². The van der Waals surface area contributed by atoms with Gasteiger partial charge >= 0.3 is 39.5 Å². The maximum absolute atomic E-state index is 13.2. The number of unbranched alkanes of at least 4 members (excludes halogenated alkanes) is 53. The Morgan fingerprint density at radius 1 is 0.302 bits per heavy atom. The molecule has 6 atom stereocenters. The first kappa shape index (κ1) is 104. The molecule has 0 spiro atoms. The number of hydrogen-bond acceptors (Lipinski definition) is 15. The zero-order valence-corrected chi connectivity index (χ0v) is 70.9. The summed E-state index contributed by atoms with van der Waals surface area (Å²) in [7, 11) is -9.94. The highest BCUT2D eigenvalue weighted by molar-refractivity contribution is 7.47. The predicted molar refractivity (Wildman–Crippen MR) is 437 cm³/mol. The number of allylic oxidation sites excluding steroid dienone is 4. The molecule has 0 aromatic rings. The fourth-order valence-electron chi connectivity index (χ4n) is 13.1. The minimum absolute atomic E-state index is 0.0851. The van der Waals surface area contributed by atoms with Gasteiger partial charge in [0.25, 0.3) is 0 Å². The number of carbonyl (C=O) groups excluding carboxylic acids is 4. The largest absolute Gasteiger partial charge is 0.472 e. The predicted octanol–water partition coefficient (Wildman–Crippen LogP) is 26.3. The molecule has 0 heterocycles. The number of ether oxygens (including phenoxy) is 4. The van der Waals surface area contributed by atoms with Gasteiger partial charge in [0, 0.05) is 25.7 Å². The smallest absolute Gasteiger partial charge is 0.462 e. The molecule has 0 saturated heterocycles. The van der Waals surface area contributed by atoms with Crippen molar-refractivity contribution in [3.63, 3.8) is 0 Å². The van der Waals surface area contributed by atoms with E-state index >= 15 is 0 Å². The molecule has 0 aromatic heterocycles. The Morgan fingerprint density at radius 2 is 0.528 bits per heavy atom. The molecule has 3 N–H and O–H groups in total. The lowest BCUT2D eigenvalue weighted by molar-refractivity contribution is -0.161. The molecule has 0 saturated carbocycles. The SMILES string of the molecule is CCCCCC/C=C\C=C/CCCCCCCC(=O)O[C@H](COC(=O)CCCCCCCCCCC(C)CC)COP(=O)(O)OC[C@H](O)COP(=O)(O)OC[C@@H](COC(=O)CCCCCCCCCCCCCCCCCCCCC)OC(=O)CCCCCCCCCCCCCCCCCCCCCC. The molecule has 0 aromatic carbocycles. The Morgan fingerprint density at radius 3 is 0.802 bits per heavy atom. The number of rotatable bonds is 85. The molecular formula is C87H166O17P2. The van der Waals surface area contributed by atoms with Crippen LogP contribution in [0.5, 0.6) is 0 Å². The normalized spacial score (nSPS) is 14.2. The van der Waals surface area contributed by atoms with Crippen LogP contribution in [0.25, 0.3) is 0 Å². The van der Waals surface area contributed by atoms with Crippen molar-refractivity contribution in [2.45, 2.75) is 464 Å². The number of carbonyl (C=O) groups is 4. The monoisotopic (exact) mass is 1550 g/mol. The Balaban J connectivity index is 5.28. The van der Waals surface area contributed by atoms with E-state index in [0.29, 0.717) is 25.7 Å². The second kappa shape index (κ2) is 79.2. The quantitative estimate of drug-likeness (QED) is 0.0169. The summed E-state index contributed by atoms with van der Waals surface area (Å²) >= 11 is 0. The molecule has 0 aliphatic heterocycles. The van der Waals surface area contributed by atoms with Crippen molar-refractivity contribution in [3.05, 3.63) is 24.3 Å². The highest BCUT2D eigenvalue weighted by Gasteiger charge is 2.30. The molecule has 19 heteroatoms. The van der Waals surface area contributed by atoms with E-state index < -0.39 is 97.5 Å². The van der Waals surface area contributed by atoms with E-state index in [1.807, 2.05) is 0 Å². The van der Waals surface area contributed by atoms with Crippen molar-refractivity contribution in [2.24, 2.45) is 5.92 Å². The Hall–Kier alpha value is -2.46. The van der Waals surface area contributed by atoms with Crippen molar-refractivity contribution < 1.29 is 80.2 Å². The van der Waals surface area contributed by atoms with E-state index in [0.717, 1.165) is 109 Å². The van der Waals surface area contributed by atoms with Crippen LogP contribution in [0.4, 0.5) is 0 Å². The van der Waals surface area contributed by atoms with Gasteiger partial charge in [-0.2, -0.15) is 0 Å². The van der Waals surface area contributed by atoms with Crippen molar-refractivity contribution in [3.8, 4) is 0 Å². The van der Waals surface area contributed by atoms with Gasteiger partial charge in [0.1, 0.15) is 19.3 Å². The molecule has 0 radical (unpaired) electrons. The molecule has 0 amide bonds. The summed E-state index contributed by atoms with van der Waals surface area (Å²) < 4.78 is 68.9. The first-order valence-corrected chi connectivity index (χ1v) is 47.5. The van der Waals surface area contributed by atoms with Gasteiger partial charge in [-0.05, 0) is 57.3 Å². The van der Waals surface area contributed by atoms with Gasteiger partial charge in [-0.25, -0.2) is 9.13 Å². The van der Waals surface area contributed by atoms with E-state index in [4.69, 9.17) is 37.0 Å². The first-order chi connectivity index (χ1) is 51.6. The van der Waals surface area contributed by atoms with Crippen LogP contribution >= 0.6 is 15.6 Å².